The zero-order valence-corrected chi connectivity index (χ0v) is 12.2. The van der Waals surface area contributed by atoms with Crippen LogP contribution in [0.5, 0.6) is 0 Å². The van der Waals surface area contributed by atoms with Crippen LogP contribution in [0.2, 0.25) is 0 Å². The van der Waals surface area contributed by atoms with E-state index < -0.39 is 0 Å². The van der Waals surface area contributed by atoms with Crippen molar-refractivity contribution in [2.75, 3.05) is 12.3 Å². The molecule has 0 radical (unpaired) electrons. The second kappa shape index (κ2) is 6.24. The number of nitrogens with zero attached hydrogens (tertiary/aromatic N) is 1. The molecule has 0 atom stereocenters. The average Bonchev–Trinajstić information content (AvgIpc) is 2.71. The maximum atomic E-state index is 11.4. The Morgan fingerprint density at radius 2 is 1.68 bits per heavy atom. The van der Waals surface area contributed by atoms with Gasteiger partial charge in [-0.3, -0.25) is 14.5 Å². The van der Waals surface area contributed by atoms with Gasteiger partial charge in [-0.25, -0.2) is 0 Å². The summed E-state index contributed by atoms with van der Waals surface area (Å²) in [5.41, 5.74) is 1.33. The molecule has 102 valence electrons. The first-order valence-electron chi connectivity index (χ1n) is 6.64. The van der Waals surface area contributed by atoms with E-state index in [1.165, 1.54) is 15.4 Å². The number of hydrogen-bond acceptors (Lipinski definition) is 3. The SMILES string of the molecule is CC(C)c1ccc(SCCN2C(=O)CCC2=O)cc1. The van der Waals surface area contributed by atoms with E-state index in [9.17, 15) is 9.59 Å². The number of likely N-dealkylation sites (tertiary alicyclic amines) is 1. The van der Waals surface area contributed by atoms with Gasteiger partial charge in [0.25, 0.3) is 0 Å². The molecule has 0 saturated carbocycles. The number of imide groups is 1. The fraction of sp³-hybridized carbons (Fsp3) is 0.467. The number of amides is 2. The van der Waals surface area contributed by atoms with Crippen LogP contribution in [0.3, 0.4) is 0 Å². The third-order valence-corrected chi connectivity index (χ3v) is 4.28. The molecule has 1 aliphatic rings. The lowest BCUT2D eigenvalue weighted by Crippen LogP contribution is -2.31. The Morgan fingerprint density at radius 1 is 1.11 bits per heavy atom. The number of carbonyl (C=O) groups excluding carboxylic acids is 2. The summed E-state index contributed by atoms with van der Waals surface area (Å²) in [6.07, 6.45) is 0.763. The molecule has 0 N–H and O–H groups in total. The number of hydrogen-bond donors (Lipinski definition) is 0. The maximum Gasteiger partial charge on any atom is 0.229 e. The molecule has 19 heavy (non-hydrogen) atoms. The molecular formula is C15H19NO2S. The Bertz CT molecular complexity index is 452. The predicted octanol–water partition coefficient (Wildman–Crippen LogP) is 3.05. The summed E-state index contributed by atoms with van der Waals surface area (Å²) in [6.45, 7) is 4.87. The van der Waals surface area contributed by atoms with Gasteiger partial charge in [0.15, 0.2) is 0 Å². The van der Waals surface area contributed by atoms with E-state index in [-0.39, 0.29) is 11.8 Å². The number of carbonyl (C=O) groups is 2. The lowest BCUT2D eigenvalue weighted by Gasteiger charge is -2.13. The highest BCUT2D eigenvalue weighted by Gasteiger charge is 2.27. The average molecular weight is 277 g/mol. The van der Waals surface area contributed by atoms with Gasteiger partial charge >= 0.3 is 0 Å². The van der Waals surface area contributed by atoms with Crippen LogP contribution in [0, 0.1) is 0 Å². The lowest BCUT2D eigenvalue weighted by molar-refractivity contribution is -0.137. The fourth-order valence-corrected chi connectivity index (χ4v) is 2.91. The Kier molecular flexibility index (Phi) is 4.64. The fourth-order valence-electron chi connectivity index (χ4n) is 2.08. The molecule has 1 aliphatic heterocycles. The second-order valence-corrected chi connectivity index (χ2v) is 6.18. The normalized spacial score (nSPS) is 15.6. The summed E-state index contributed by atoms with van der Waals surface area (Å²) in [5.74, 6) is 1.25. The third kappa shape index (κ3) is 3.60. The number of benzene rings is 1. The molecule has 1 heterocycles. The second-order valence-electron chi connectivity index (χ2n) is 5.01. The van der Waals surface area contributed by atoms with Crippen LogP contribution in [0.1, 0.15) is 38.2 Å². The van der Waals surface area contributed by atoms with E-state index in [0.717, 1.165) is 5.75 Å². The zero-order chi connectivity index (χ0) is 13.8. The van der Waals surface area contributed by atoms with Gasteiger partial charge < -0.3 is 0 Å². The summed E-state index contributed by atoms with van der Waals surface area (Å²) < 4.78 is 0. The monoisotopic (exact) mass is 277 g/mol. The first kappa shape index (κ1) is 14.1. The van der Waals surface area contributed by atoms with Crippen LogP contribution >= 0.6 is 11.8 Å². The zero-order valence-electron chi connectivity index (χ0n) is 11.4. The minimum absolute atomic E-state index is 0.0271. The van der Waals surface area contributed by atoms with Crippen LogP contribution in [-0.4, -0.2) is 29.0 Å². The quantitative estimate of drug-likeness (QED) is 0.613. The summed E-state index contributed by atoms with van der Waals surface area (Å²) in [6, 6.07) is 8.49. The lowest BCUT2D eigenvalue weighted by atomic mass is 10.0. The Balaban J connectivity index is 1.82. The van der Waals surface area contributed by atoms with Crippen molar-refractivity contribution in [2.24, 2.45) is 0 Å². The van der Waals surface area contributed by atoms with E-state index in [2.05, 4.69) is 38.1 Å². The minimum Gasteiger partial charge on any atom is -0.282 e. The Morgan fingerprint density at radius 3 is 2.21 bits per heavy atom. The standard InChI is InChI=1S/C15H19NO2S/c1-11(2)12-3-5-13(6-4-12)19-10-9-16-14(17)7-8-15(16)18/h3-6,11H,7-10H2,1-2H3. The largest absolute Gasteiger partial charge is 0.282 e. The molecule has 0 spiro atoms. The van der Waals surface area contributed by atoms with Gasteiger partial charge in [-0.15, -0.1) is 11.8 Å². The smallest absolute Gasteiger partial charge is 0.229 e. The minimum atomic E-state index is -0.0271. The summed E-state index contributed by atoms with van der Waals surface area (Å²) >= 11 is 1.69. The van der Waals surface area contributed by atoms with Gasteiger partial charge in [-0.2, -0.15) is 0 Å². The van der Waals surface area contributed by atoms with Gasteiger partial charge in [0, 0.05) is 30.0 Å². The van der Waals surface area contributed by atoms with Crippen molar-refractivity contribution in [2.45, 2.75) is 37.5 Å². The van der Waals surface area contributed by atoms with E-state index >= 15 is 0 Å². The van der Waals surface area contributed by atoms with Crippen LogP contribution < -0.4 is 0 Å². The van der Waals surface area contributed by atoms with Crippen molar-refractivity contribution in [1.82, 2.24) is 4.90 Å². The predicted molar refractivity (Wildman–Crippen MR) is 77.2 cm³/mol. The van der Waals surface area contributed by atoms with E-state index in [1.54, 1.807) is 11.8 Å². The summed E-state index contributed by atoms with van der Waals surface area (Å²) in [7, 11) is 0. The summed E-state index contributed by atoms with van der Waals surface area (Å²) in [5, 5.41) is 0. The van der Waals surface area contributed by atoms with Crippen LogP contribution in [0.25, 0.3) is 0 Å². The first-order valence-corrected chi connectivity index (χ1v) is 7.62. The third-order valence-electron chi connectivity index (χ3n) is 3.29. The summed E-state index contributed by atoms with van der Waals surface area (Å²) in [4.78, 5) is 25.5. The maximum absolute atomic E-state index is 11.4. The Hall–Kier alpha value is -1.29. The van der Waals surface area contributed by atoms with Crippen LogP contribution in [-0.2, 0) is 9.59 Å². The van der Waals surface area contributed by atoms with Crippen molar-refractivity contribution >= 4 is 23.6 Å². The highest BCUT2D eigenvalue weighted by molar-refractivity contribution is 7.99. The van der Waals surface area contributed by atoms with E-state index in [4.69, 9.17) is 0 Å². The molecular weight excluding hydrogens is 258 g/mol. The molecule has 4 heteroatoms. The molecule has 1 saturated heterocycles. The topological polar surface area (TPSA) is 37.4 Å². The Labute approximate surface area is 118 Å². The molecule has 2 amide bonds. The van der Waals surface area contributed by atoms with Crippen molar-refractivity contribution in [1.29, 1.82) is 0 Å². The molecule has 1 aromatic rings. The van der Waals surface area contributed by atoms with Gasteiger partial charge in [-0.1, -0.05) is 26.0 Å². The van der Waals surface area contributed by atoms with Crippen molar-refractivity contribution in [3.8, 4) is 0 Å². The molecule has 1 fully saturated rings. The molecule has 0 aromatic heterocycles. The number of rotatable bonds is 5. The highest BCUT2D eigenvalue weighted by atomic mass is 32.2. The molecule has 1 aromatic carbocycles. The van der Waals surface area contributed by atoms with Gasteiger partial charge in [0.05, 0.1) is 0 Å². The molecule has 0 unspecified atom stereocenters. The van der Waals surface area contributed by atoms with E-state index in [0.29, 0.717) is 25.3 Å². The molecule has 3 nitrogen and oxygen atoms in total. The number of thioether (sulfide) groups is 1. The van der Waals surface area contributed by atoms with E-state index in [1.807, 2.05) is 0 Å². The van der Waals surface area contributed by atoms with Crippen LogP contribution in [0.15, 0.2) is 29.2 Å². The molecule has 2 rings (SSSR count). The first-order chi connectivity index (χ1) is 9.08. The van der Waals surface area contributed by atoms with Crippen molar-refractivity contribution in [3.63, 3.8) is 0 Å². The van der Waals surface area contributed by atoms with Gasteiger partial charge in [-0.05, 0) is 23.6 Å². The van der Waals surface area contributed by atoms with Crippen LogP contribution in [0.4, 0.5) is 0 Å². The molecule has 0 bridgehead atoms. The molecule has 0 aliphatic carbocycles. The van der Waals surface area contributed by atoms with Crippen molar-refractivity contribution in [3.05, 3.63) is 29.8 Å². The van der Waals surface area contributed by atoms with Crippen molar-refractivity contribution < 1.29 is 9.59 Å². The van der Waals surface area contributed by atoms with Gasteiger partial charge in [0.2, 0.25) is 11.8 Å². The highest BCUT2D eigenvalue weighted by Crippen LogP contribution is 2.22. The van der Waals surface area contributed by atoms with Gasteiger partial charge in [0.1, 0.15) is 0 Å².